The predicted octanol–water partition coefficient (Wildman–Crippen LogP) is 2.99. The van der Waals surface area contributed by atoms with E-state index in [9.17, 15) is 0 Å². The molecule has 1 aliphatic heterocycles. The second-order valence-electron chi connectivity index (χ2n) is 4.58. The highest BCUT2D eigenvalue weighted by Crippen LogP contribution is 2.31. The normalized spacial score (nSPS) is 14.8. The zero-order chi connectivity index (χ0) is 12.5. The fraction of sp³-hybridized carbons (Fsp3) is 0.385. The zero-order valence-electron chi connectivity index (χ0n) is 10.3. The summed E-state index contributed by atoms with van der Waals surface area (Å²) in [5.41, 5.74) is 3.44. The highest BCUT2D eigenvalue weighted by molar-refractivity contribution is 9.10. The maximum atomic E-state index is 4.64. The average Bonchev–Trinajstić information content (AvgIpc) is 2.55. The summed E-state index contributed by atoms with van der Waals surface area (Å²) in [7, 11) is 1.99. The highest BCUT2D eigenvalue weighted by Gasteiger charge is 2.19. The van der Waals surface area contributed by atoms with Crippen LogP contribution in [0.15, 0.2) is 22.9 Å². The smallest absolute Gasteiger partial charge is 0.127 e. The van der Waals surface area contributed by atoms with Gasteiger partial charge in [0.05, 0.1) is 5.69 Å². The van der Waals surface area contributed by atoms with Crippen molar-refractivity contribution in [3.05, 3.63) is 28.5 Å². The fourth-order valence-corrected chi connectivity index (χ4v) is 2.80. The van der Waals surface area contributed by atoms with Crippen molar-refractivity contribution in [1.82, 2.24) is 14.8 Å². The summed E-state index contributed by atoms with van der Waals surface area (Å²) < 4.78 is 2.93. The van der Waals surface area contributed by atoms with Gasteiger partial charge in [-0.25, -0.2) is 0 Å². The summed E-state index contributed by atoms with van der Waals surface area (Å²) in [4.78, 5) is 4.23. The Bertz CT molecular complexity index is 576. The molecule has 5 heteroatoms. The lowest BCUT2D eigenvalue weighted by Crippen LogP contribution is -2.04. The van der Waals surface area contributed by atoms with Gasteiger partial charge >= 0.3 is 0 Å². The van der Waals surface area contributed by atoms with Gasteiger partial charge < -0.3 is 5.32 Å². The number of rotatable bonds is 1. The van der Waals surface area contributed by atoms with Gasteiger partial charge in [0.25, 0.3) is 0 Å². The van der Waals surface area contributed by atoms with E-state index in [1.54, 1.807) is 6.20 Å². The number of hydrogen-bond acceptors (Lipinski definition) is 3. The molecule has 1 N–H and O–H groups in total. The molecule has 0 saturated carbocycles. The molecule has 0 aromatic carbocycles. The fourth-order valence-electron chi connectivity index (χ4n) is 2.43. The van der Waals surface area contributed by atoms with Gasteiger partial charge in [-0.15, -0.1) is 0 Å². The van der Waals surface area contributed by atoms with E-state index in [1.165, 1.54) is 18.4 Å². The lowest BCUT2D eigenvalue weighted by atomic mass is 10.1. The van der Waals surface area contributed by atoms with Gasteiger partial charge in [-0.1, -0.05) is 0 Å². The van der Waals surface area contributed by atoms with E-state index >= 15 is 0 Å². The molecule has 3 heterocycles. The number of halogens is 1. The first kappa shape index (κ1) is 11.7. The molecule has 0 unspecified atom stereocenters. The summed E-state index contributed by atoms with van der Waals surface area (Å²) in [6.07, 6.45) is 7.17. The molecular formula is C13H15BrN4. The van der Waals surface area contributed by atoms with E-state index in [1.807, 2.05) is 17.9 Å². The van der Waals surface area contributed by atoms with Crippen molar-refractivity contribution >= 4 is 21.7 Å². The molecule has 0 bridgehead atoms. The summed E-state index contributed by atoms with van der Waals surface area (Å²) in [6.45, 7) is 1.03. The van der Waals surface area contributed by atoms with E-state index in [-0.39, 0.29) is 0 Å². The maximum Gasteiger partial charge on any atom is 0.127 e. The van der Waals surface area contributed by atoms with Crippen LogP contribution in [-0.4, -0.2) is 21.3 Å². The molecule has 94 valence electrons. The maximum absolute atomic E-state index is 4.64. The molecule has 0 radical (unpaired) electrons. The number of fused-ring (bicyclic) bond motifs is 1. The van der Waals surface area contributed by atoms with E-state index in [0.717, 1.165) is 34.5 Å². The van der Waals surface area contributed by atoms with Crippen LogP contribution in [0.25, 0.3) is 11.3 Å². The van der Waals surface area contributed by atoms with Crippen molar-refractivity contribution in [3.63, 3.8) is 0 Å². The Morgan fingerprint density at radius 3 is 3.06 bits per heavy atom. The molecule has 18 heavy (non-hydrogen) atoms. The van der Waals surface area contributed by atoms with Crippen LogP contribution >= 0.6 is 15.9 Å². The van der Waals surface area contributed by atoms with Gasteiger partial charge in [0.15, 0.2) is 0 Å². The highest BCUT2D eigenvalue weighted by atomic mass is 79.9. The average molecular weight is 307 g/mol. The number of anilines is 1. The van der Waals surface area contributed by atoms with Crippen LogP contribution in [0.5, 0.6) is 0 Å². The third-order valence-electron chi connectivity index (χ3n) is 3.27. The third kappa shape index (κ3) is 2.03. The minimum Gasteiger partial charge on any atom is -0.370 e. The van der Waals surface area contributed by atoms with Crippen LogP contribution in [0.1, 0.15) is 18.4 Å². The van der Waals surface area contributed by atoms with Crippen LogP contribution in [0, 0.1) is 0 Å². The first-order chi connectivity index (χ1) is 8.75. The third-order valence-corrected chi connectivity index (χ3v) is 3.70. The number of aromatic nitrogens is 3. The Labute approximate surface area is 115 Å². The molecule has 0 fully saturated rings. The lowest BCUT2D eigenvalue weighted by Gasteiger charge is -2.04. The number of hydrogen-bond donors (Lipinski definition) is 1. The van der Waals surface area contributed by atoms with E-state index in [4.69, 9.17) is 0 Å². The summed E-state index contributed by atoms with van der Waals surface area (Å²) >= 11 is 3.47. The molecule has 2 aromatic heterocycles. The Balaban J connectivity index is 2.12. The molecule has 0 spiro atoms. The largest absolute Gasteiger partial charge is 0.370 e. The van der Waals surface area contributed by atoms with Gasteiger partial charge in [0.2, 0.25) is 0 Å². The second kappa shape index (κ2) is 4.72. The molecule has 4 nitrogen and oxygen atoms in total. The van der Waals surface area contributed by atoms with Crippen molar-refractivity contribution in [2.45, 2.75) is 19.3 Å². The topological polar surface area (TPSA) is 42.7 Å². The van der Waals surface area contributed by atoms with Crippen molar-refractivity contribution in [2.75, 3.05) is 11.9 Å². The molecule has 3 rings (SSSR count). The Morgan fingerprint density at radius 2 is 2.22 bits per heavy atom. The van der Waals surface area contributed by atoms with Gasteiger partial charge in [-0.3, -0.25) is 9.67 Å². The zero-order valence-corrected chi connectivity index (χ0v) is 11.9. The number of aryl methyl sites for hydroxylation is 1. The molecule has 0 aliphatic carbocycles. The quantitative estimate of drug-likeness (QED) is 0.881. The standard InChI is InChI=1S/C13H15BrN4/c1-18-13-11(4-2-3-5-16-13)12(17-18)9-6-10(14)8-15-7-9/h6-8,16H,2-5H2,1H3. The predicted molar refractivity (Wildman–Crippen MR) is 75.6 cm³/mol. The number of nitrogens with one attached hydrogen (secondary N) is 1. The lowest BCUT2D eigenvalue weighted by molar-refractivity contribution is 0.757. The Hall–Kier alpha value is -1.36. The van der Waals surface area contributed by atoms with Gasteiger partial charge in [-0.05, 0) is 41.3 Å². The first-order valence-electron chi connectivity index (χ1n) is 6.16. The Morgan fingerprint density at radius 1 is 1.33 bits per heavy atom. The van der Waals surface area contributed by atoms with E-state index in [2.05, 4.69) is 37.4 Å². The van der Waals surface area contributed by atoms with Gasteiger partial charge in [-0.2, -0.15) is 5.10 Å². The van der Waals surface area contributed by atoms with Crippen LogP contribution in [0.3, 0.4) is 0 Å². The summed E-state index contributed by atoms with van der Waals surface area (Å²) in [5, 5.41) is 8.11. The van der Waals surface area contributed by atoms with Gasteiger partial charge in [0, 0.05) is 41.6 Å². The number of pyridine rings is 1. The van der Waals surface area contributed by atoms with E-state index < -0.39 is 0 Å². The van der Waals surface area contributed by atoms with Crippen molar-refractivity contribution < 1.29 is 0 Å². The van der Waals surface area contributed by atoms with Crippen molar-refractivity contribution in [3.8, 4) is 11.3 Å². The van der Waals surface area contributed by atoms with Gasteiger partial charge in [0.1, 0.15) is 5.82 Å². The van der Waals surface area contributed by atoms with Crippen molar-refractivity contribution in [2.24, 2.45) is 7.05 Å². The first-order valence-corrected chi connectivity index (χ1v) is 6.95. The van der Waals surface area contributed by atoms with Crippen LogP contribution in [0.4, 0.5) is 5.82 Å². The van der Waals surface area contributed by atoms with Crippen LogP contribution in [0.2, 0.25) is 0 Å². The van der Waals surface area contributed by atoms with Crippen LogP contribution in [-0.2, 0) is 13.5 Å². The SMILES string of the molecule is Cn1nc(-c2cncc(Br)c2)c2c1NCCCC2. The summed E-state index contributed by atoms with van der Waals surface area (Å²) in [5.74, 6) is 1.16. The Kier molecular flexibility index (Phi) is 3.07. The molecule has 0 saturated heterocycles. The van der Waals surface area contributed by atoms with Crippen LogP contribution < -0.4 is 5.32 Å². The van der Waals surface area contributed by atoms with E-state index in [0.29, 0.717) is 0 Å². The minimum atomic E-state index is 0.987. The molecule has 2 aromatic rings. The molecule has 0 atom stereocenters. The molecule has 1 aliphatic rings. The molecular weight excluding hydrogens is 292 g/mol. The second-order valence-corrected chi connectivity index (χ2v) is 5.49. The molecule has 0 amide bonds. The van der Waals surface area contributed by atoms with Crippen molar-refractivity contribution in [1.29, 1.82) is 0 Å². The summed E-state index contributed by atoms with van der Waals surface area (Å²) in [6, 6.07) is 2.07. The number of nitrogens with zero attached hydrogens (tertiary/aromatic N) is 3. The monoisotopic (exact) mass is 306 g/mol. The minimum absolute atomic E-state index is 0.987.